The molecule has 0 amide bonds. The van der Waals surface area contributed by atoms with Gasteiger partial charge >= 0.3 is 11.9 Å². The average Bonchev–Trinajstić information content (AvgIpc) is 2.02. The average molecular weight is 223 g/mol. The second-order valence-electron chi connectivity index (χ2n) is 1.51. The summed E-state index contributed by atoms with van der Waals surface area (Å²) < 4.78 is 8.59. The highest BCUT2D eigenvalue weighted by Gasteiger charge is 2.07. The number of hydrogen-bond acceptors (Lipinski definition) is 4. The van der Waals surface area contributed by atoms with E-state index >= 15 is 0 Å². The maximum absolute atomic E-state index is 10.6. The summed E-state index contributed by atoms with van der Waals surface area (Å²) in [7, 11) is 2.44. The van der Waals surface area contributed by atoms with Crippen LogP contribution in [0, 0.1) is 0 Å². The first-order valence-corrected chi connectivity index (χ1v) is 3.44. The van der Waals surface area contributed by atoms with Gasteiger partial charge in [0.05, 0.1) is 14.2 Å². The molecule has 0 aromatic rings. The second kappa shape index (κ2) is 4.90. The Labute approximate surface area is 72.3 Å². The molecule has 0 N–H and O–H groups in total. The molecule has 0 heterocycles. The van der Waals surface area contributed by atoms with Crippen molar-refractivity contribution in [3.05, 3.63) is 10.6 Å². The molecule has 4 nitrogen and oxygen atoms in total. The topological polar surface area (TPSA) is 52.6 Å². The Kier molecular flexibility index (Phi) is 4.52. The van der Waals surface area contributed by atoms with E-state index in [1.165, 1.54) is 14.2 Å². The molecule has 0 fully saturated rings. The standard InChI is InChI=1S/C6H7BrO4/c1-10-5(8)3-4(7)6(9)11-2/h3H,1-2H3. The molecule has 0 radical (unpaired) electrons. The van der Waals surface area contributed by atoms with Gasteiger partial charge in [0.25, 0.3) is 0 Å². The molecule has 0 aliphatic carbocycles. The van der Waals surface area contributed by atoms with E-state index in [1.54, 1.807) is 0 Å². The molecular formula is C6H7BrO4. The second-order valence-corrected chi connectivity index (χ2v) is 2.36. The predicted octanol–water partition coefficient (Wildman–Crippen LogP) is 0.611. The molecule has 0 aliphatic rings. The molecule has 0 aromatic carbocycles. The van der Waals surface area contributed by atoms with E-state index in [4.69, 9.17) is 0 Å². The molecule has 0 aromatic heterocycles. The van der Waals surface area contributed by atoms with Crippen molar-refractivity contribution in [3.8, 4) is 0 Å². The van der Waals surface area contributed by atoms with Gasteiger partial charge in [-0.25, -0.2) is 9.59 Å². The van der Waals surface area contributed by atoms with Crippen LogP contribution in [0.15, 0.2) is 10.6 Å². The molecule has 5 heteroatoms. The van der Waals surface area contributed by atoms with Gasteiger partial charge in [0, 0.05) is 6.08 Å². The number of carbonyl (C=O) groups excluding carboxylic acids is 2. The predicted molar refractivity (Wildman–Crippen MR) is 41.0 cm³/mol. The lowest BCUT2D eigenvalue weighted by molar-refractivity contribution is -0.137. The van der Waals surface area contributed by atoms with Gasteiger partial charge in [-0.1, -0.05) is 0 Å². The van der Waals surface area contributed by atoms with E-state index in [2.05, 4.69) is 25.4 Å². The molecule has 0 saturated heterocycles. The molecule has 0 bridgehead atoms. The molecule has 62 valence electrons. The zero-order valence-corrected chi connectivity index (χ0v) is 7.67. The smallest absolute Gasteiger partial charge is 0.345 e. The molecular weight excluding hydrogens is 216 g/mol. The van der Waals surface area contributed by atoms with Gasteiger partial charge < -0.3 is 9.47 Å². The van der Waals surface area contributed by atoms with Crippen molar-refractivity contribution in [1.82, 2.24) is 0 Å². The SMILES string of the molecule is COC(=O)C=C(Br)C(=O)OC. The quantitative estimate of drug-likeness (QED) is 0.508. The van der Waals surface area contributed by atoms with Crippen molar-refractivity contribution in [2.75, 3.05) is 14.2 Å². The Hall–Kier alpha value is -0.840. The molecule has 11 heavy (non-hydrogen) atoms. The summed E-state index contributed by atoms with van der Waals surface area (Å²) >= 11 is 2.83. The summed E-state index contributed by atoms with van der Waals surface area (Å²) in [4.78, 5) is 21.1. The van der Waals surface area contributed by atoms with Gasteiger partial charge in [-0.05, 0) is 15.9 Å². The number of carbonyl (C=O) groups is 2. The van der Waals surface area contributed by atoms with Gasteiger partial charge in [0.15, 0.2) is 0 Å². The Balaban J connectivity index is 4.21. The Morgan fingerprint density at radius 3 is 2.18 bits per heavy atom. The third-order valence-corrected chi connectivity index (χ3v) is 1.38. The molecule has 0 unspecified atom stereocenters. The van der Waals surface area contributed by atoms with Crippen LogP contribution in [0.3, 0.4) is 0 Å². The largest absolute Gasteiger partial charge is 0.466 e. The summed E-state index contributed by atoms with van der Waals surface area (Å²) in [6.45, 7) is 0. The van der Waals surface area contributed by atoms with Crippen LogP contribution in [-0.4, -0.2) is 26.2 Å². The number of rotatable bonds is 2. The maximum Gasteiger partial charge on any atom is 0.345 e. The van der Waals surface area contributed by atoms with Crippen LogP contribution in [0.1, 0.15) is 0 Å². The zero-order valence-electron chi connectivity index (χ0n) is 6.09. The fourth-order valence-electron chi connectivity index (χ4n) is 0.319. The first-order valence-electron chi connectivity index (χ1n) is 2.65. The lowest BCUT2D eigenvalue weighted by Crippen LogP contribution is -2.03. The van der Waals surface area contributed by atoms with Gasteiger partial charge in [-0.2, -0.15) is 0 Å². The van der Waals surface area contributed by atoms with Crippen molar-refractivity contribution < 1.29 is 19.1 Å². The third-order valence-electron chi connectivity index (χ3n) is 0.826. The van der Waals surface area contributed by atoms with Gasteiger partial charge in [-0.15, -0.1) is 0 Å². The Bertz CT molecular complexity index is 197. The summed E-state index contributed by atoms with van der Waals surface area (Å²) in [5.41, 5.74) is 0. The highest BCUT2D eigenvalue weighted by atomic mass is 79.9. The fraction of sp³-hybridized carbons (Fsp3) is 0.333. The van der Waals surface area contributed by atoms with Crippen LogP contribution in [-0.2, 0) is 19.1 Å². The normalized spacial score (nSPS) is 10.6. The van der Waals surface area contributed by atoms with Crippen LogP contribution in [0.2, 0.25) is 0 Å². The highest BCUT2D eigenvalue weighted by Crippen LogP contribution is 2.06. The summed E-state index contributed by atoms with van der Waals surface area (Å²) in [5.74, 6) is -1.22. The van der Waals surface area contributed by atoms with Crippen molar-refractivity contribution in [2.45, 2.75) is 0 Å². The summed E-state index contributed by atoms with van der Waals surface area (Å²) in [5, 5.41) is 0. The van der Waals surface area contributed by atoms with E-state index < -0.39 is 11.9 Å². The molecule has 0 rings (SSSR count). The van der Waals surface area contributed by atoms with Crippen LogP contribution in [0.5, 0.6) is 0 Å². The summed E-state index contributed by atoms with van der Waals surface area (Å²) in [6, 6.07) is 0. The molecule has 0 spiro atoms. The minimum atomic E-state index is -0.615. The zero-order chi connectivity index (χ0) is 8.85. The van der Waals surface area contributed by atoms with Crippen LogP contribution in [0.25, 0.3) is 0 Å². The van der Waals surface area contributed by atoms with E-state index in [-0.39, 0.29) is 4.48 Å². The van der Waals surface area contributed by atoms with Crippen molar-refractivity contribution in [3.63, 3.8) is 0 Å². The fourth-order valence-corrected chi connectivity index (χ4v) is 0.668. The van der Waals surface area contributed by atoms with E-state index in [9.17, 15) is 9.59 Å². The lowest BCUT2D eigenvalue weighted by atomic mass is 10.5. The number of methoxy groups -OCH3 is 2. The van der Waals surface area contributed by atoms with Crippen molar-refractivity contribution in [2.24, 2.45) is 0 Å². The van der Waals surface area contributed by atoms with Crippen molar-refractivity contribution >= 4 is 27.9 Å². The van der Waals surface area contributed by atoms with Gasteiger partial charge in [0.2, 0.25) is 0 Å². The van der Waals surface area contributed by atoms with E-state index in [0.717, 1.165) is 6.08 Å². The number of halogens is 1. The Morgan fingerprint density at radius 2 is 1.82 bits per heavy atom. The van der Waals surface area contributed by atoms with Crippen LogP contribution in [0.4, 0.5) is 0 Å². The first-order chi connectivity index (χ1) is 5.11. The summed E-state index contributed by atoms with van der Waals surface area (Å²) in [6.07, 6.45) is 0.992. The van der Waals surface area contributed by atoms with Crippen molar-refractivity contribution in [1.29, 1.82) is 0 Å². The van der Waals surface area contributed by atoms with Gasteiger partial charge in [-0.3, -0.25) is 0 Å². The molecule has 0 atom stereocenters. The first kappa shape index (κ1) is 10.2. The minimum absolute atomic E-state index is 0.0341. The maximum atomic E-state index is 10.6. The highest BCUT2D eigenvalue weighted by molar-refractivity contribution is 9.12. The van der Waals surface area contributed by atoms with E-state index in [1.807, 2.05) is 0 Å². The van der Waals surface area contributed by atoms with Crippen LogP contribution < -0.4 is 0 Å². The Morgan fingerprint density at radius 1 is 1.27 bits per heavy atom. The van der Waals surface area contributed by atoms with E-state index in [0.29, 0.717) is 0 Å². The van der Waals surface area contributed by atoms with Crippen LogP contribution >= 0.6 is 15.9 Å². The van der Waals surface area contributed by atoms with Gasteiger partial charge in [0.1, 0.15) is 4.48 Å². The lowest BCUT2D eigenvalue weighted by Gasteiger charge is -1.95. The number of hydrogen-bond donors (Lipinski definition) is 0. The minimum Gasteiger partial charge on any atom is -0.466 e. The molecule has 0 saturated carbocycles. The third kappa shape index (κ3) is 3.77. The number of esters is 2. The molecule has 0 aliphatic heterocycles. The monoisotopic (exact) mass is 222 g/mol. The number of ether oxygens (including phenoxy) is 2.